The highest BCUT2D eigenvalue weighted by molar-refractivity contribution is 7.99. The summed E-state index contributed by atoms with van der Waals surface area (Å²) in [7, 11) is 0. The molecule has 0 radical (unpaired) electrons. The Balaban J connectivity index is 1.47. The molecule has 3 aromatic heterocycles. The molecule has 182 valence electrons. The molecule has 0 spiro atoms. The SMILES string of the molecule is CC(C)(O)C(=O)NCCCn1c(Sc2cc3c(cc2-c2ncco2)OCO3)nc2c(N)ncnc21. The fraction of sp³-hybridized carbons (Fsp3) is 0.318. The third-order valence-electron chi connectivity index (χ3n) is 5.26. The number of oxazole rings is 1. The molecule has 0 atom stereocenters. The van der Waals surface area contributed by atoms with E-state index in [-0.39, 0.29) is 12.6 Å². The summed E-state index contributed by atoms with van der Waals surface area (Å²) in [6.45, 7) is 3.86. The third kappa shape index (κ3) is 4.59. The molecule has 0 aliphatic carbocycles. The van der Waals surface area contributed by atoms with Crippen molar-refractivity contribution in [2.24, 2.45) is 0 Å². The number of aryl methyl sites for hydroxylation is 1. The van der Waals surface area contributed by atoms with Crippen molar-refractivity contribution in [2.45, 2.75) is 42.5 Å². The topological polar surface area (TPSA) is 163 Å². The van der Waals surface area contributed by atoms with Gasteiger partial charge in [-0.1, -0.05) is 11.8 Å². The van der Waals surface area contributed by atoms with Crippen LogP contribution in [-0.4, -0.2) is 54.5 Å². The normalized spacial score (nSPS) is 12.9. The zero-order chi connectivity index (χ0) is 24.6. The van der Waals surface area contributed by atoms with Gasteiger partial charge in [0.15, 0.2) is 33.6 Å². The number of carbonyl (C=O) groups is 1. The van der Waals surface area contributed by atoms with Crippen LogP contribution in [0.3, 0.4) is 0 Å². The number of nitrogen functional groups attached to an aromatic ring is 1. The Morgan fingerprint density at radius 2 is 2.06 bits per heavy atom. The number of anilines is 1. The number of ether oxygens (including phenoxy) is 2. The quantitative estimate of drug-likeness (QED) is 0.306. The van der Waals surface area contributed by atoms with Crippen molar-refractivity contribution in [1.29, 1.82) is 0 Å². The van der Waals surface area contributed by atoms with E-state index in [1.165, 1.54) is 38.2 Å². The van der Waals surface area contributed by atoms with E-state index in [0.717, 1.165) is 10.5 Å². The van der Waals surface area contributed by atoms with E-state index in [1.54, 1.807) is 6.20 Å². The summed E-state index contributed by atoms with van der Waals surface area (Å²) in [5.74, 6) is 1.48. The third-order valence-corrected chi connectivity index (χ3v) is 6.32. The monoisotopic (exact) mass is 497 g/mol. The minimum Gasteiger partial charge on any atom is -0.454 e. The fourth-order valence-electron chi connectivity index (χ4n) is 3.50. The molecule has 0 fully saturated rings. The lowest BCUT2D eigenvalue weighted by molar-refractivity contribution is -0.136. The predicted octanol–water partition coefficient (Wildman–Crippen LogP) is 2.22. The lowest BCUT2D eigenvalue weighted by Crippen LogP contribution is -2.42. The summed E-state index contributed by atoms with van der Waals surface area (Å²) in [6, 6.07) is 3.68. The lowest BCUT2D eigenvalue weighted by atomic mass is 10.1. The molecule has 1 aliphatic heterocycles. The van der Waals surface area contributed by atoms with Crippen LogP contribution in [0.1, 0.15) is 20.3 Å². The molecular weight excluding hydrogens is 474 g/mol. The van der Waals surface area contributed by atoms with Crippen molar-refractivity contribution in [3.05, 3.63) is 30.9 Å². The van der Waals surface area contributed by atoms with Crippen LogP contribution in [0.4, 0.5) is 5.82 Å². The number of aliphatic hydroxyl groups is 1. The van der Waals surface area contributed by atoms with E-state index in [0.29, 0.717) is 53.2 Å². The van der Waals surface area contributed by atoms with E-state index in [4.69, 9.17) is 24.6 Å². The van der Waals surface area contributed by atoms with Crippen LogP contribution in [0, 0.1) is 0 Å². The maximum atomic E-state index is 12.0. The standard InChI is InChI=1S/C22H23N7O5S/c1-22(2,31)20(30)25-4-3-6-29-18-16(17(23)26-10-27-18)28-21(29)35-15-9-14-13(33-11-34-14)8-12(15)19-24-5-7-32-19/h5,7-10,31H,3-4,6,11H2,1-2H3,(H,25,30)(H2,23,26,27). The number of nitrogens with two attached hydrogens (primary N) is 1. The molecule has 1 aromatic carbocycles. The molecule has 4 heterocycles. The molecule has 0 saturated carbocycles. The fourth-order valence-corrected chi connectivity index (χ4v) is 4.54. The molecule has 5 rings (SSSR count). The van der Waals surface area contributed by atoms with Crippen LogP contribution >= 0.6 is 11.8 Å². The second kappa shape index (κ2) is 9.07. The summed E-state index contributed by atoms with van der Waals surface area (Å²) in [5.41, 5.74) is 6.41. The van der Waals surface area contributed by atoms with Gasteiger partial charge in [0.1, 0.15) is 18.2 Å². The number of nitrogens with one attached hydrogen (secondary N) is 1. The minimum atomic E-state index is -1.44. The molecule has 12 nitrogen and oxygen atoms in total. The Hall–Kier alpha value is -3.84. The van der Waals surface area contributed by atoms with Crippen LogP contribution in [-0.2, 0) is 11.3 Å². The van der Waals surface area contributed by atoms with Crippen LogP contribution in [0.5, 0.6) is 11.5 Å². The Morgan fingerprint density at radius 1 is 1.26 bits per heavy atom. The zero-order valence-electron chi connectivity index (χ0n) is 19.0. The molecular formula is C22H23N7O5S. The van der Waals surface area contributed by atoms with Gasteiger partial charge in [-0.15, -0.1) is 0 Å². The predicted molar refractivity (Wildman–Crippen MR) is 126 cm³/mol. The highest BCUT2D eigenvalue weighted by Gasteiger charge is 2.25. The number of nitrogens with zero attached hydrogens (tertiary/aromatic N) is 5. The number of hydrogen-bond donors (Lipinski definition) is 3. The molecule has 4 aromatic rings. The van der Waals surface area contributed by atoms with Gasteiger partial charge in [-0.25, -0.2) is 19.9 Å². The Labute approximate surface area is 203 Å². The number of benzene rings is 1. The van der Waals surface area contributed by atoms with Crippen molar-refractivity contribution < 1.29 is 23.8 Å². The van der Waals surface area contributed by atoms with Crippen molar-refractivity contribution in [3.63, 3.8) is 0 Å². The number of imidazole rings is 1. The molecule has 1 amide bonds. The van der Waals surface area contributed by atoms with E-state index in [2.05, 4.69) is 20.3 Å². The Morgan fingerprint density at radius 3 is 2.80 bits per heavy atom. The van der Waals surface area contributed by atoms with Gasteiger partial charge in [0.2, 0.25) is 12.7 Å². The summed E-state index contributed by atoms with van der Waals surface area (Å²) in [6.07, 6.45) is 5.03. The summed E-state index contributed by atoms with van der Waals surface area (Å²) in [4.78, 5) is 30.2. The average Bonchev–Trinajstić information content (AvgIpc) is 3.56. The highest BCUT2D eigenvalue weighted by Crippen LogP contribution is 2.44. The van der Waals surface area contributed by atoms with Crippen molar-refractivity contribution in [1.82, 2.24) is 29.8 Å². The van der Waals surface area contributed by atoms with E-state index >= 15 is 0 Å². The van der Waals surface area contributed by atoms with Crippen LogP contribution < -0.4 is 20.5 Å². The molecule has 0 bridgehead atoms. The average molecular weight is 498 g/mol. The first-order valence-electron chi connectivity index (χ1n) is 10.8. The van der Waals surface area contributed by atoms with Gasteiger partial charge in [-0.05, 0) is 32.4 Å². The van der Waals surface area contributed by atoms with Crippen LogP contribution in [0.25, 0.3) is 22.6 Å². The molecule has 35 heavy (non-hydrogen) atoms. The van der Waals surface area contributed by atoms with Crippen LogP contribution in [0.15, 0.2) is 45.4 Å². The highest BCUT2D eigenvalue weighted by atomic mass is 32.2. The summed E-state index contributed by atoms with van der Waals surface area (Å²) in [5, 5.41) is 13.2. The number of carbonyl (C=O) groups excluding carboxylic acids is 1. The lowest BCUT2D eigenvalue weighted by Gasteiger charge is -2.16. The summed E-state index contributed by atoms with van der Waals surface area (Å²) >= 11 is 1.37. The number of rotatable bonds is 8. The van der Waals surface area contributed by atoms with Gasteiger partial charge >= 0.3 is 0 Å². The largest absolute Gasteiger partial charge is 0.454 e. The number of aromatic nitrogens is 5. The van der Waals surface area contributed by atoms with Gasteiger partial charge < -0.3 is 34.6 Å². The van der Waals surface area contributed by atoms with Crippen molar-refractivity contribution >= 4 is 34.7 Å². The zero-order valence-corrected chi connectivity index (χ0v) is 19.8. The number of hydrogen-bond acceptors (Lipinski definition) is 11. The van der Waals surface area contributed by atoms with Gasteiger partial charge in [0.05, 0.1) is 11.8 Å². The second-order valence-electron chi connectivity index (χ2n) is 8.29. The maximum Gasteiger partial charge on any atom is 0.251 e. The number of fused-ring (bicyclic) bond motifs is 2. The number of amides is 1. The van der Waals surface area contributed by atoms with Crippen LogP contribution in [0.2, 0.25) is 0 Å². The Kier molecular flexibility index (Phi) is 5.94. The molecule has 0 saturated heterocycles. The first kappa shape index (κ1) is 22.9. The van der Waals surface area contributed by atoms with Gasteiger partial charge in [-0.2, -0.15) is 0 Å². The van der Waals surface area contributed by atoms with Gasteiger partial charge in [0, 0.05) is 18.0 Å². The van der Waals surface area contributed by atoms with Gasteiger partial charge in [-0.3, -0.25) is 4.79 Å². The van der Waals surface area contributed by atoms with E-state index in [1.807, 2.05) is 16.7 Å². The van der Waals surface area contributed by atoms with Crippen molar-refractivity contribution in [3.8, 4) is 23.0 Å². The minimum absolute atomic E-state index is 0.134. The Bertz CT molecular complexity index is 1380. The first-order chi connectivity index (χ1) is 16.8. The second-order valence-corrected chi connectivity index (χ2v) is 9.30. The molecule has 0 unspecified atom stereocenters. The van der Waals surface area contributed by atoms with Gasteiger partial charge in [0.25, 0.3) is 5.91 Å². The molecule has 4 N–H and O–H groups in total. The van der Waals surface area contributed by atoms with Crippen molar-refractivity contribution in [2.75, 3.05) is 19.1 Å². The van der Waals surface area contributed by atoms with E-state index in [9.17, 15) is 9.90 Å². The first-order valence-corrected chi connectivity index (χ1v) is 11.6. The smallest absolute Gasteiger partial charge is 0.251 e. The molecule has 13 heteroatoms. The molecule has 1 aliphatic rings. The van der Waals surface area contributed by atoms with E-state index < -0.39 is 11.5 Å². The maximum absolute atomic E-state index is 12.0. The summed E-state index contributed by atoms with van der Waals surface area (Å²) < 4.78 is 18.6.